The smallest absolute Gasteiger partial charge is 0.420 e. The minimum atomic E-state index is -4.52. The van der Waals surface area contributed by atoms with Crippen molar-refractivity contribution in [3.05, 3.63) is 23.9 Å². The Bertz CT molecular complexity index is 710. The van der Waals surface area contributed by atoms with Crippen LogP contribution in [0.3, 0.4) is 0 Å². The Morgan fingerprint density at radius 1 is 1.14 bits per heavy atom. The lowest BCUT2D eigenvalue weighted by Crippen LogP contribution is -2.09. The number of rotatable bonds is 1. The Labute approximate surface area is 124 Å². The second-order valence-corrected chi connectivity index (χ2v) is 4.93. The molecule has 0 unspecified atom stereocenters. The van der Waals surface area contributed by atoms with Crippen LogP contribution in [0.1, 0.15) is 12.0 Å². The molecule has 0 radical (unpaired) electrons. The molecule has 5 nitrogen and oxygen atoms in total. The Morgan fingerprint density at radius 3 is 2.41 bits per heavy atom. The minimum absolute atomic E-state index is 0.0621. The zero-order valence-corrected chi connectivity index (χ0v) is 11.8. The lowest BCUT2D eigenvalue weighted by molar-refractivity contribution is -0.139. The second kappa shape index (κ2) is 5.11. The van der Waals surface area contributed by atoms with Crippen LogP contribution in [-0.2, 0) is 13.2 Å². The Morgan fingerprint density at radius 2 is 1.82 bits per heavy atom. The predicted octanol–water partition coefficient (Wildman–Crippen LogP) is 2.85. The van der Waals surface area contributed by atoms with Gasteiger partial charge < -0.3 is 15.2 Å². The van der Waals surface area contributed by atoms with E-state index in [0.29, 0.717) is 23.4 Å². The zero-order valence-electron chi connectivity index (χ0n) is 11.8. The van der Waals surface area contributed by atoms with Crippen molar-refractivity contribution in [2.45, 2.75) is 12.6 Å². The van der Waals surface area contributed by atoms with Gasteiger partial charge in [-0.1, -0.05) is 0 Å². The van der Waals surface area contributed by atoms with Crippen LogP contribution < -0.4 is 15.2 Å². The van der Waals surface area contributed by atoms with Crippen LogP contribution in [0, 0.1) is 0 Å². The van der Waals surface area contributed by atoms with Gasteiger partial charge >= 0.3 is 6.18 Å². The van der Waals surface area contributed by atoms with E-state index < -0.39 is 11.7 Å². The van der Waals surface area contributed by atoms with E-state index in [-0.39, 0.29) is 24.7 Å². The molecule has 0 saturated carbocycles. The number of fused-ring (bicyclic) bond motifs is 1. The zero-order chi connectivity index (χ0) is 15.9. The number of benzene rings is 1. The highest BCUT2D eigenvalue weighted by Crippen LogP contribution is 2.48. The van der Waals surface area contributed by atoms with Crippen molar-refractivity contribution in [3.63, 3.8) is 0 Å². The average molecular weight is 313 g/mol. The standard InChI is InChI=1S/C14H14F3N3O2/c1-20-13(18)9(7-19-20)8-3-4-10(14(15,16)17)12-11(8)21-5-2-6-22-12/h3-4,7H,2,5-6,18H2,1H3. The van der Waals surface area contributed by atoms with Gasteiger partial charge in [-0.15, -0.1) is 0 Å². The van der Waals surface area contributed by atoms with Crippen LogP contribution >= 0.6 is 0 Å². The number of aromatic nitrogens is 2. The molecule has 2 aromatic rings. The lowest BCUT2D eigenvalue weighted by atomic mass is 10.0. The number of hydrogen-bond donors (Lipinski definition) is 1. The number of nitrogens with two attached hydrogens (primary N) is 1. The van der Waals surface area contributed by atoms with E-state index in [9.17, 15) is 13.2 Å². The minimum Gasteiger partial charge on any atom is -0.489 e. The van der Waals surface area contributed by atoms with Gasteiger partial charge in [-0.05, 0) is 12.1 Å². The van der Waals surface area contributed by atoms with Crippen molar-refractivity contribution in [3.8, 4) is 22.6 Å². The van der Waals surface area contributed by atoms with Crippen LogP contribution in [0.5, 0.6) is 11.5 Å². The fraction of sp³-hybridized carbons (Fsp3) is 0.357. The summed E-state index contributed by atoms with van der Waals surface area (Å²) < 4.78 is 51.7. The van der Waals surface area contributed by atoms with E-state index >= 15 is 0 Å². The third-order valence-corrected chi connectivity index (χ3v) is 3.47. The van der Waals surface area contributed by atoms with Gasteiger partial charge in [0.15, 0.2) is 11.5 Å². The largest absolute Gasteiger partial charge is 0.489 e. The first-order chi connectivity index (χ1) is 10.4. The molecule has 0 fully saturated rings. The molecule has 0 aliphatic carbocycles. The summed E-state index contributed by atoms with van der Waals surface area (Å²) in [6.07, 6.45) is -2.52. The van der Waals surface area contributed by atoms with E-state index in [0.717, 1.165) is 6.07 Å². The van der Waals surface area contributed by atoms with Crippen LogP contribution in [0.15, 0.2) is 18.3 Å². The number of nitrogens with zero attached hydrogens (tertiary/aromatic N) is 2. The van der Waals surface area contributed by atoms with Crippen LogP contribution in [0.2, 0.25) is 0 Å². The molecule has 3 rings (SSSR count). The molecule has 0 amide bonds. The number of anilines is 1. The molecule has 0 atom stereocenters. The van der Waals surface area contributed by atoms with Gasteiger partial charge in [0.1, 0.15) is 11.4 Å². The summed E-state index contributed by atoms with van der Waals surface area (Å²) >= 11 is 0. The average Bonchev–Trinajstić information content (AvgIpc) is 2.67. The molecule has 1 aliphatic rings. The van der Waals surface area contributed by atoms with Crippen molar-refractivity contribution in [2.75, 3.05) is 18.9 Å². The number of halogens is 3. The van der Waals surface area contributed by atoms with E-state index in [4.69, 9.17) is 15.2 Å². The SMILES string of the molecule is Cn1ncc(-c2ccc(C(F)(F)F)c3c2OCCCO3)c1N. The topological polar surface area (TPSA) is 62.3 Å². The summed E-state index contributed by atoms with van der Waals surface area (Å²) in [7, 11) is 1.65. The van der Waals surface area contributed by atoms with Gasteiger partial charge in [-0.3, -0.25) is 4.68 Å². The number of aryl methyl sites for hydroxylation is 1. The first kappa shape index (κ1) is 14.6. The van der Waals surface area contributed by atoms with E-state index in [1.807, 2.05) is 0 Å². The maximum absolute atomic E-state index is 13.1. The summed E-state index contributed by atoms with van der Waals surface area (Å²) in [5, 5.41) is 4.01. The molecule has 2 heterocycles. The predicted molar refractivity (Wildman–Crippen MR) is 73.7 cm³/mol. The highest BCUT2D eigenvalue weighted by atomic mass is 19.4. The summed E-state index contributed by atoms with van der Waals surface area (Å²) in [5.41, 5.74) is 6.01. The number of hydrogen-bond acceptors (Lipinski definition) is 4. The summed E-state index contributed by atoms with van der Waals surface area (Å²) in [5.74, 6) is 0.118. The Hall–Kier alpha value is -2.38. The van der Waals surface area contributed by atoms with Gasteiger partial charge in [0.25, 0.3) is 0 Å². The molecule has 0 spiro atoms. The maximum atomic E-state index is 13.1. The van der Waals surface area contributed by atoms with Crippen molar-refractivity contribution in [1.82, 2.24) is 9.78 Å². The molecule has 22 heavy (non-hydrogen) atoms. The molecular weight excluding hydrogens is 299 g/mol. The summed E-state index contributed by atoms with van der Waals surface area (Å²) in [4.78, 5) is 0. The molecule has 1 aromatic carbocycles. The molecule has 8 heteroatoms. The van der Waals surface area contributed by atoms with Gasteiger partial charge in [-0.2, -0.15) is 18.3 Å². The lowest BCUT2D eigenvalue weighted by Gasteiger charge is -2.17. The van der Waals surface area contributed by atoms with Crippen molar-refractivity contribution < 1.29 is 22.6 Å². The van der Waals surface area contributed by atoms with Gasteiger partial charge in [0, 0.05) is 24.6 Å². The van der Waals surface area contributed by atoms with Gasteiger partial charge in [0.05, 0.1) is 19.4 Å². The monoisotopic (exact) mass is 313 g/mol. The van der Waals surface area contributed by atoms with Crippen molar-refractivity contribution in [1.29, 1.82) is 0 Å². The number of ether oxygens (including phenoxy) is 2. The molecule has 118 valence electrons. The van der Waals surface area contributed by atoms with Crippen molar-refractivity contribution >= 4 is 5.82 Å². The van der Waals surface area contributed by atoms with Crippen LogP contribution in [0.25, 0.3) is 11.1 Å². The second-order valence-electron chi connectivity index (χ2n) is 4.93. The van der Waals surface area contributed by atoms with Crippen LogP contribution in [0.4, 0.5) is 19.0 Å². The van der Waals surface area contributed by atoms with Gasteiger partial charge in [-0.25, -0.2) is 0 Å². The number of alkyl halides is 3. The highest BCUT2D eigenvalue weighted by Gasteiger charge is 2.37. The normalized spacial score (nSPS) is 14.7. The fourth-order valence-corrected chi connectivity index (χ4v) is 2.35. The highest BCUT2D eigenvalue weighted by molar-refractivity contribution is 5.81. The van der Waals surface area contributed by atoms with Crippen molar-refractivity contribution in [2.24, 2.45) is 7.05 Å². The third-order valence-electron chi connectivity index (χ3n) is 3.47. The first-order valence-electron chi connectivity index (χ1n) is 6.67. The quantitative estimate of drug-likeness (QED) is 0.879. The van der Waals surface area contributed by atoms with E-state index in [1.165, 1.54) is 16.9 Å². The molecule has 0 saturated heterocycles. The summed E-state index contributed by atoms with van der Waals surface area (Å²) in [6.45, 7) is 0.448. The Balaban J connectivity index is 2.23. The Kier molecular flexibility index (Phi) is 3.38. The molecule has 1 aromatic heterocycles. The maximum Gasteiger partial charge on any atom is 0.420 e. The molecule has 0 bridgehead atoms. The first-order valence-corrected chi connectivity index (χ1v) is 6.67. The molecule has 1 aliphatic heterocycles. The molecular formula is C14H14F3N3O2. The molecule has 2 N–H and O–H groups in total. The number of nitrogen functional groups attached to an aromatic ring is 1. The summed E-state index contributed by atoms with van der Waals surface area (Å²) in [6, 6.07) is 2.32. The fourth-order valence-electron chi connectivity index (χ4n) is 2.35. The van der Waals surface area contributed by atoms with Gasteiger partial charge in [0.2, 0.25) is 0 Å². The van der Waals surface area contributed by atoms with Crippen LogP contribution in [-0.4, -0.2) is 23.0 Å². The van der Waals surface area contributed by atoms with E-state index in [1.54, 1.807) is 7.05 Å². The third kappa shape index (κ3) is 2.34. The van der Waals surface area contributed by atoms with E-state index in [2.05, 4.69) is 5.10 Å².